The summed E-state index contributed by atoms with van der Waals surface area (Å²) in [5.74, 6) is 1.77. The molecular formula is C20H36N4O. The van der Waals surface area contributed by atoms with Gasteiger partial charge in [-0.05, 0) is 33.5 Å². The van der Waals surface area contributed by atoms with Gasteiger partial charge in [-0.3, -0.25) is 4.99 Å². The largest absolute Gasteiger partial charge is 0.492 e. The van der Waals surface area contributed by atoms with Crippen LogP contribution >= 0.6 is 0 Å². The van der Waals surface area contributed by atoms with Crippen molar-refractivity contribution in [2.75, 3.05) is 34.3 Å². The van der Waals surface area contributed by atoms with Gasteiger partial charge in [-0.2, -0.15) is 0 Å². The first-order valence-corrected chi connectivity index (χ1v) is 9.39. The highest BCUT2D eigenvalue weighted by Gasteiger charge is 2.07. The van der Waals surface area contributed by atoms with Crippen LogP contribution in [0.1, 0.15) is 45.1 Å². The molecule has 1 rings (SSSR count). The van der Waals surface area contributed by atoms with Crippen LogP contribution in [0.5, 0.6) is 5.75 Å². The Bertz CT molecular complexity index is 502. The third-order valence-corrected chi connectivity index (χ3v) is 4.06. The minimum atomic E-state index is 0.421. The van der Waals surface area contributed by atoms with Crippen LogP contribution in [0.25, 0.3) is 0 Å². The van der Waals surface area contributed by atoms with Gasteiger partial charge in [0.05, 0.1) is 0 Å². The van der Waals surface area contributed by atoms with Gasteiger partial charge in [-0.25, -0.2) is 0 Å². The van der Waals surface area contributed by atoms with Crippen LogP contribution in [-0.4, -0.2) is 51.2 Å². The highest BCUT2D eigenvalue weighted by molar-refractivity contribution is 5.79. The van der Waals surface area contributed by atoms with Gasteiger partial charge in [-0.15, -0.1) is 0 Å². The predicted octanol–water partition coefficient (Wildman–Crippen LogP) is 3.26. The Hall–Kier alpha value is -1.75. The Balaban J connectivity index is 2.49. The number of guanidine groups is 1. The molecule has 5 nitrogen and oxygen atoms in total. The summed E-state index contributed by atoms with van der Waals surface area (Å²) >= 11 is 0. The maximum atomic E-state index is 5.92. The molecule has 25 heavy (non-hydrogen) atoms. The molecule has 0 aliphatic heterocycles. The number of rotatable bonds is 11. The zero-order valence-corrected chi connectivity index (χ0v) is 16.6. The fourth-order valence-corrected chi connectivity index (χ4v) is 2.51. The number of nitrogens with zero attached hydrogens (tertiary/aromatic N) is 2. The summed E-state index contributed by atoms with van der Waals surface area (Å²) in [6.45, 7) is 6.72. The van der Waals surface area contributed by atoms with E-state index in [1.165, 1.54) is 25.7 Å². The topological polar surface area (TPSA) is 48.9 Å². The van der Waals surface area contributed by atoms with Crippen LogP contribution in [0.2, 0.25) is 0 Å². The Morgan fingerprint density at radius 2 is 2.00 bits per heavy atom. The Labute approximate surface area is 153 Å². The number of hydrogen-bond acceptors (Lipinski definition) is 3. The maximum absolute atomic E-state index is 5.92. The second kappa shape index (κ2) is 12.6. The number of benzene rings is 1. The van der Waals surface area contributed by atoms with E-state index < -0.39 is 0 Å². The van der Waals surface area contributed by atoms with E-state index in [2.05, 4.69) is 40.4 Å². The van der Waals surface area contributed by atoms with E-state index in [0.29, 0.717) is 19.2 Å². The molecule has 142 valence electrons. The fraction of sp³-hybridized carbons (Fsp3) is 0.650. The van der Waals surface area contributed by atoms with Crippen molar-refractivity contribution in [2.24, 2.45) is 4.99 Å². The summed E-state index contributed by atoms with van der Waals surface area (Å²) in [5.41, 5.74) is 1.14. The predicted molar refractivity (Wildman–Crippen MR) is 107 cm³/mol. The maximum Gasteiger partial charge on any atom is 0.191 e. The number of unbranched alkanes of at least 4 members (excludes halogenated alkanes) is 2. The van der Waals surface area contributed by atoms with E-state index in [-0.39, 0.29) is 0 Å². The molecule has 1 aromatic carbocycles. The molecule has 0 saturated heterocycles. The molecule has 0 amide bonds. The minimum absolute atomic E-state index is 0.421. The van der Waals surface area contributed by atoms with Crippen molar-refractivity contribution in [1.82, 2.24) is 15.5 Å². The first-order chi connectivity index (χ1) is 12.1. The summed E-state index contributed by atoms with van der Waals surface area (Å²) in [6.07, 6.45) is 4.96. The van der Waals surface area contributed by atoms with Crippen molar-refractivity contribution in [1.29, 1.82) is 0 Å². The van der Waals surface area contributed by atoms with Gasteiger partial charge in [0.2, 0.25) is 0 Å². The smallest absolute Gasteiger partial charge is 0.191 e. The number of hydrogen-bond donors (Lipinski definition) is 2. The molecule has 0 radical (unpaired) electrons. The Kier molecular flexibility index (Phi) is 10.7. The molecule has 1 aromatic rings. The molecule has 0 heterocycles. The quantitative estimate of drug-likeness (QED) is 0.366. The van der Waals surface area contributed by atoms with Crippen LogP contribution in [0.15, 0.2) is 29.3 Å². The molecule has 5 heteroatoms. The second-order valence-electron chi connectivity index (χ2n) is 6.73. The molecule has 1 unspecified atom stereocenters. The standard InChI is InChI=1S/C20H36N4O/c1-6-7-8-11-17(2)23-20(21-3)22-16-18-12-9-10-13-19(18)25-15-14-24(4)5/h9-10,12-13,17H,6-8,11,14-16H2,1-5H3,(H2,21,22,23). The molecular weight excluding hydrogens is 312 g/mol. The first-order valence-electron chi connectivity index (χ1n) is 9.39. The molecule has 0 saturated carbocycles. The van der Waals surface area contributed by atoms with Gasteiger partial charge in [0, 0.05) is 31.7 Å². The summed E-state index contributed by atoms with van der Waals surface area (Å²) in [4.78, 5) is 6.45. The van der Waals surface area contributed by atoms with Crippen molar-refractivity contribution in [3.05, 3.63) is 29.8 Å². The van der Waals surface area contributed by atoms with Gasteiger partial charge < -0.3 is 20.3 Å². The fourth-order valence-electron chi connectivity index (χ4n) is 2.51. The van der Waals surface area contributed by atoms with Crippen molar-refractivity contribution >= 4 is 5.96 Å². The lowest BCUT2D eigenvalue weighted by atomic mass is 10.1. The monoisotopic (exact) mass is 348 g/mol. The van der Waals surface area contributed by atoms with Crippen molar-refractivity contribution < 1.29 is 4.74 Å². The number of likely N-dealkylation sites (N-methyl/N-ethyl adjacent to an activating group) is 1. The highest BCUT2D eigenvalue weighted by Crippen LogP contribution is 2.17. The average molecular weight is 349 g/mol. The van der Waals surface area contributed by atoms with Gasteiger partial charge in [0.25, 0.3) is 0 Å². The molecule has 0 fully saturated rings. The number of nitrogens with one attached hydrogen (secondary N) is 2. The Morgan fingerprint density at radius 3 is 2.68 bits per heavy atom. The van der Waals surface area contributed by atoms with Crippen LogP contribution in [-0.2, 0) is 6.54 Å². The summed E-state index contributed by atoms with van der Waals surface area (Å²) in [7, 11) is 5.91. The van der Waals surface area contributed by atoms with Crippen LogP contribution in [0, 0.1) is 0 Å². The van der Waals surface area contributed by atoms with Crippen LogP contribution < -0.4 is 15.4 Å². The zero-order valence-electron chi connectivity index (χ0n) is 16.6. The van der Waals surface area contributed by atoms with E-state index in [1.54, 1.807) is 0 Å². The van der Waals surface area contributed by atoms with Gasteiger partial charge in [0.15, 0.2) is 5.96 Å². The minimum Gasteiger partial charge on any atom is -0.492 e. The number of para-hydroxylation sites is 1. The molecule has 0 aliphatic carbocycles. The summed E-state index contributed by atoms with van der Waals surface area (Å²) in [5, 5.41) is 6.86. The van der Waals surface area contributed by atoms with Gasteiger partial charge >= 0.3 is 0 Å². The van der Waals surface area contributed by atoms with Gasteiger partial charge in [-0.1, -0.05) is 44.4 Å². The molecule has 0 aliphatic rings. The van der Waals surface area contributed by atoms with E-state index >= 15 is 0 Å². The van der Waals surface area contributed by atoms with E-state index in [9.17, 15) is 0 Å². The highest BCUT2D eigenvalue weighted by atomic mass is 16.5. The summed E-state index contributed by atoms with van der Waals surface area (Å²) in [6, 6.07) is 8.59. The van der Waals surface area contributed by atoms with Crippen molar-refractivity contribution in [2.45, 2.75) is 52.1 Å². The lowest BCUT2D eigenvalue weighted by Crippen LogP contribution is -2.41. The molecule has 2 N–H and O–H groups in total. The van der Waals surface area contributed by atoms with Crippen LogP contribution in [0.3, 0.4) is 0 Å². The zero-order chi connectivity index (χ0) is 18.5. The van der Waals surface area contributed by atoms with Crippen LogP contribution in [0.4, 0.5) is 0 Å². The number of ether oxygens (including phenoxy) is 1. The lowest BCUT2D eigenvalue weighted by molar-refractivity contribution is 0.259. The third kappa shape index (κ3) is 9.34. The molecule has 0 spiro atoms. The average Bonchev–Trinajstić information content (AvgIpc) is 2.59. The third-order valence-electron chi connectivity index (χ3n) is 4.06. The van der Waals surface area contributed by atoms with Crippen molar-refractivity contribution in [3.63, 3.8) is 0 Å². The molecule has 1 atom stereocenters. The van der Waals surface area contributed by atoms with E-state index in [0.717, 1.165) is 23.8 Å². The SMILES string of the molecule is CCCCCC(C)NC(=NC)NCc1ccccc1OCCN(C)C. The van der Waals surface area contributed by atoms with E-state index in [1.807, 2.05) is 39.3 Å². The normalized spacial score (nSPS) is 13.0. The molecule has 0 bridgehead atoms. The lowest BCUT2D eigenvalue weighted by Gasteiger charge is -2.19. The Morgan fingerprint density at radius 1 is 1.24 bits per heavy atom. The first kappa shape index (κ1) is 21.3. The van der Waals surface area contributed by atoms with Crippen molar-refractivity contribution in [3.8, 4) is 5.75 Å². The van der Waals surface area contributed by atoms with Gasteiger partial charge in [0.1, 0.15) is 12.4 Å². The second-order valence-corrected chi connectivity index (χ2v) is 6.73. The van der Waals surface area contributed by atoms with E-state index in [4.69, 9.17) is 4.74 Å². The molecule has 0 aromatic heterocycles. The number of aliphatic imine (C=N–C) groups is 1. The summed E-state index contributed by atoms with van der Waals surface area (Å²) < 4.78 is 5.92.